The average molecular weight is 355 g/mol. The summed E-state index contributed by atoms with van der Waals surface area (Å²) in [6.45, 7) is 0. The van der Waals surface area contributed by atoms with Crippen molar-refractivity contribution in [3.8, 4) is 22.6 Å². The second-order valence-corrected chi connectivity index (χ2v) is 6.33. The molecule has 1 heterocycles. The van der Waals surface area contributed by atoms with Crippen LogP contribution in [0, 0.1) is 0 Å². The summed E-state index contributed by atoms with van der Waals surface area (Å²) in [5.74, 6) is 1.12. The van der Waals surface area contributed by atoms with Crippen LogP contribution in [0.1, 0.15) is 18.4 Å². The fourth-order valence-corrected chi connectivity index (χ4v) is 2.68. The number of alkyl halides is 3. The maximum atomic E-state index is 13.0. The predicted molar refractivity (Wildman–Crippen MR) is 94.6 cm³/mol. The summed E-state index contributed by atoms with van der Waals surface area (Å²) in [6, 6.07) is 16.7. The second-order valence-electron chi connectivity index (χ2n) is 6.33. The highest BCUT2D eigenvalue weighted by molar-refractivity contribution is 5.68. The third kappa shape index (κ3) is 3.69. The number of hydrogen-bond acceptors (Lipinski definition) is 3. The Labute approximate surface area is 148 Å². The van der Waals surface area contributed by atoms with Gasteiger partial charge in [-0.15, -0.1) is 0 Å². The van der Waals surface area contributed by atoms with Gasteiger partial charge in [0.15, 0.2) is 5.82 Å². The Kier molecular flexibility index (Phi) is 4.11. The highest BCUT2D eigenvalue weighted by atomic mass is 19.4. The minimum atomic E-state index is -4.39. The number of nitrogens with one attached hydrogen (secondary N) is 1. The van der Waals surface area contributed by atoms with E-state index in [0.29, 0.717) is 28.9 Å². The Morgan fingerprint density at radius 3 is 2.27 bits per heavy atom. The summed E-state index contributed by atoms with van der Waals surface area (Å²) < 4.78 is 39.1. The first-order chi connectivity index (χ1) is 12.5. The van der Waals surface area contributed by atoms with Crippen LogP contribution in [0.15, 0.2) is 60.7 Å². The Hall–Kier alpha value is -2.89. The Morgan fingerprint density at radius 2 is 1.58 bits per heavy atom. The lowest BCUT2D eigenvalue weighted by molar-refractivity contribution is -0.137. The summed E-state index contributed by atoms with van der Waals surface area (Å²) in [5.41, 5.74) is 1.01. The van der Waals surface area contributed by atoms with Crippen molar-refractivity contribution in [2.75, 3.05) is 5.32 Å². The molecule has 0 radical (unpaired) electrons. The number of benzene rings is 2. The molecule has 4 rings (SSSR count). The van der Waals surface area contributed by atoms with Gasteiger partial charge in [-0.1, -0.05) is 42.5 Å². The van der Waals surface area contributed by atoms with Gasteiger partial charge in [0, 0.05) is 23.2 Å². The molecule has 1 saturated carbocycles. The van der Waals surface area contributed by atoms with Crippen LogP contribution in [0.2, 0.25) is 0 Å². The van der Waals surface area contributed by atoms with Crippen molar-refractivity contribution in [2.45, 2.75) is 25.1 Å². The van der Waals surface area contributed by atoms with Gasteiger partial charge in [-0.05, 0) is 25.0 Å². The topological polar surface area (TPSA) is 37.8 Å². The molecule has 132 valence electrons. The first kappa shape index (κ1) is 16.6. The molecule has 0 atom stereocenters. The molecule has 1 N–H and O–H groups in total. The van der Waals surface area contributed by atoms with Gasteiger partial charge in [-0.25, -0.2) is 9.97 Å². The molecule has 26 heavy (non-hydrogen) atoms. The Morgan fingerprint density at radius 1 is 0.846 bits per heavy atom. The summed E-state index contributed by atoms with van der Waals surface area (Å²) in [6.07, 6.45) is -2.24. The molecular weight excluding hydrogens is 339 g/mol. The van der Waals surface area contributed by atoms with E-state index < -0.39 is 11.7 Å². The number of nitrogens with zero attached hydrogens (tertiary/aromatic N) is 2. The average Bonchev–Trinajstić information content (AvgIpc) is 3.45. The largest absolute Gasteiger partial charge is 0.416 e. The maximum absolute atomic E-state index is 13.0. The number of aromatic nitrogens is 2. The first-order valence-corrected chi connectivity index (χ1v) is 8.38. The van der Waals surface area contributed by atoms with E-state index in [1.807, 2.05) is 30.3 Å². The molecule has 1 aromatic heterocycles. The number of halogens is 3. The van der Waals surface area contributed by atoms with Gasteiger partial charge in [-0.3, -0.25) is 0 Å². The van der Waals surface area contributed by atoms with Crippen LogP contribution >= 0.6 is 0 Å². The summed E-state index contributed by atoms with van der Waals surface area (Å²) in [4.78, 5) is 9.04. The molecule has 3 aromatic rings. The lowest BCUT2D eigenvalue weighted by Gasteiger charge is -2.12. The monoisotopic (exact) mass is 355 g/mol. The maximum Gasteiger partial charge on any atom is 0.416 e. The van der Waals surface area contributed by atoms with Crippen LogP contribution in [-0.2, 0) is 6.18 Å². The molecule has 0 bridgehead atoms. The van der Waals surface area contributed by atoms with E-state index in [9.17, 15) is 13.2 Å². The van der Waals surface area contributed by atoms with Crippen molar-refractivity contribution in [3.05, 3.63) is 66.2 Å². The van der Waals surface area contributed by atoms with Gasteiger partial charge in [0.1, 0.15) is 5.82 Å². The molecule has 0 saturated heterocycles. The molecule has 0 aliphatic heterocycles. The van der Waals surface area contributed by atoms with Crippen molar-refractivity contribution in [3.63, 3.8) is 0 Å². The van der Waals surface area contributed by atoms with Crippen LogP contribution in [-0.4, -0.2) is 16.0 Å². The van der Waals surface area contributed by atoms with E-state index in [4.69, 9.17) is 0 Å². The Balaban J connectivity index is 1.80. The molecule has 1 aliphatic carbocycles. The number of rotatable bonds is 4. The minimum absolute atomic E-state index is 0.378. The minimum Gasteiger partial charge on any atom is -0.367 e. The van der Waals surface area contributed by atoms with Crippen LogP contribution in [0.3, 0.4) is 0 Å². The van der Waals surface area contributed by atoms with E-state index in [2.05, 4.69) is 15.3 Å². The van der Waals surface area contributed by atoms with Gasteiger partial charge in [-0.2, -0.15) is 13.2 Å². The Bertz CT molecular complexity index is 919. The molecule has 0 unspecified atom stereocenters. The quantitative estimate of drug-likeness (QED) is 0.680. The van der Waals surface area contributed by atoms with E-state index in [1.54, 1.807) is 12.1 Å². The molecule has 6 heteroatoms. The third-order valence-corrected chi connectivity index (χ3v) is 4.17. The smallest absolute Gasteiger partial charge is 0.367 e. The molecule has 0 amide bonds. The SMILES string of the molecule is FC(F)(F)c1cccc(-c2cc(NC3CC3)nc(-c3ccccc3)n2)c1. The van der Waals surface area contributed by atoms with Gasteiger partial charge < -0.3 is 5.32 Å². The molecule has 2 aromatic carbocycles. The summed E-state index contributed by atoms with van der Waals surface area (Å²) in [7, 11) is 0. The normalized spacial score (nSPS) is 14.3. The summed E-state index contributed by atoms with van der Waals surface area (Å²) >= 11 is 0. The lowest BCUT2D eigenvalue weighted by Crippen LogP contribution is -2.06. The van der Waals surface area contributed by atoms with Crippen molar-refractivity contribution in [1.29, 1.82) is 0 Å². The van der Waals surface area contributed by atoms with Crippen LogP contribution in [0.25, 0.3) is 22.6 Å². The van der Waals surface area contributed by atoms with Crippen molar-refractivity contribution < 1.29 is 13.2 Å². The molecular formula is C20H16F3N3. The van der Waals surface area contributed by atoms with E-state index in [-0.39, 0.29) is 0 Å². The van der Waals surface area contributed by atoms with E-state index in [1.165, 1.54) is 6.07 Å². The van der Waals surface area contributed by atoms with Gasteiger partial charge in [0.25, 0.3) is 0 Å². The highest BCUT2D eigenvalue weighted by Gasteiger charge is 2.30. The fourth-order valence-electron chi connectivity index (χ4n) is 2.68. The van der Waals surface area contributed by atoms with E-state index in [0.717, 1.165) is 30.5 Å². The number of hydrogen-bond donors (Lipinski definition) is 1. The van der Waals surface area contributed by atoms with E-state index >= 15 is 0 Å². The van der Waals surface area contributed by atoms with Crippen LogP contribution < -0.4 is 5.32 Å². The van der Waals surface area contributed by atoms with Crippen LogP contribution in [0.4, 0.5) is 19.0 Å². The lowest BCUT2D eigenvalue weighted by atomic mass is 10.1. The molecule has 1 aliphatic rings. The van der Waals surface area contributed by atoms with Crippen molar-refractivity contribution in [1.82, 2.24) is 9.97 Å². The predicted octanol–water partition coefficient (Wildman–Crippen LogP) is 5.40. The molecule has 3 nitrogen and oxygen atoms in total. The van der Waals surface area contributed by atoms with Crippen LogP contribution in [0.5, 0.6) is 0 Å². The standard InChI is InChI=1S/C20H16F3N3/c21-20(22,23)15-8-4-7-14(11-15)17-12-18(24-16-9-10-16)26-19(25-17)13-5-2-1-3-6-13/h1-8,11-12,16H,9-10H2,(H,24,25,26). The second kappa shape index (κ2) is 6.44. The van der Waals surface area contributed by atoms with Gasteiger partial charge in [0.05, 0.1) is 11.3 Å². The third-order valence-electron chi connectivity index (χ3n) is 4.17. The van der Waals surface area contributed by atoms with Gasteiger partial charge in [0.2, 0.25) is 0 Å². The summed E-state index contributed by atoms with van der Waals surface area (Å²) in [5, 5.41) is 3.31. The number of anilines is 1. The first-order valence-electron chi connectivity index (χ1n) is 8.38. The zero-order valence-corrected chi connectivity index (χ0v) is 13.8. The molecule has 1 fully saturated rings. The van der Waals surface area contributed by atoms with Crippen molar-refractivity contribution >= 4 is 5.82 Å². The zero-order valence-electron chi connectivity index (χ0n) is 13.8. The van der Waals surface area contributed by atoms with Gasteiger partial charge >= 0.3 is 6.18 Å². The van der Waals surface area contributed by atoms with Crippen molar-refractivity contribution in [2.24, 2.45) is 0 Å². The zero-order chi connectivity index (χ0) is 18.1. The fraction of sp³-hybridized carbons (Fsp3) is 0.200. The highest BCUT2D eigenvalue weighted by Crippen LogP contribution is 2.33. The molecule has 0 spiro atoms.